The van der Waals surface area contributed by atoms with Gasteiger partial charge in [-0.2, -0.15) is 5.10 Å². The fourth-order valence-electron chi connectivity index (χ4n) is 2.75. The van der Waals surface area contributed by atoms with Gasteiger partial charge >= 0.3 is 0 Å². The molecule has 7 heteroatoms. The first-order valence-electron chi connectivity index (χ1n) is 7.69. The Bertz CT molecular complexity index is 770. The Morgan fingerprint density at radius 1 is 1.30 bits per heavy atom. The Balaban J connectivity index is 1.93. The average molecular weight is 332 g/mol. The molecule has 1 aromatic carbocycles. The molecule has 0 aliphatic heterocycles. The molecule has 1 fully saturated rings. The van der Waals surface area contributed by atoms with Gasteiger partial charge in [0, 0.05) is 18.2 Å². The minimum Gasteiger partial charge on any atom is -0.369 e. The van der Waals surface area contributed by atoms with E-state index in [2.05, 4.69) is 10.1 Å². The first-order chi connectivity index (χ1) is 11.0. The molecule has 0 saturated heterocycles. The maximum absolute atomic E-state index is 11.1. The van der Waals surface area contributed by atoms with Gasteiger partial charge in [0.25, 0.3) is 0 Å². The van der Waals surface area contributed by atoms with Crippen LogP contribution in [0.5, 0.6) is 0 Å². The van der Waals surface area contributed by atoms with Gasteiger partial charge in [-0.15, -0.1) is 0 Å². The van der Waals surface area contributed by atoms with Crippen molar-refractivity contribution < 1.29 is 9.90 Å². The monoisotopic (exact) mass is 332 g/mol. The van der Waals surface area contributed by atoms with Crippen molar-refractivity contribution in [2.24, 2.45) is 17.8 Å². The van der Waals surface area contributed by atoms with Crippen LogP contribution >= 0.6 is 11.3 Å². The number of nitrogens with two attached hydrogens (primary N) is 1. The standard InChI is InChI=1S/C16H20N4O2S/c1-20-15(18-16(22)9-3-2-4-10-16)23-14(19-20)12-7-5-11(6-8-12)13(17)21/h5-8,22H,2-4,9-10H2,1H3,(H2,17,21)/b18-15+. The molecule has 0 atom stereocenters. The van der Waals surface area contributed by atoms with Crippen LogP contribution in [0.3, 0.4) is 0 Å². The van der Waals surface area contributed by atoms with Gasteiger partial charge in [0.05, 0.1) is 0 Å². The zero-order chi connectivity index (χ0) is 16.4. The van der Waals surface area contributed by atoms with Gasteiger partial charge in [-0.05, 0) is 37.8 Å². The molecule has 3 N–H and O–H groups in total. The average Bonchev–Trinajstić information content (AvgIpc) is 2.88. The molecule has 0 spiro atoms. The van der Waals surface area contributed by atoms with Crippen molar-refractivity contribution in [3.63, 3.8) is 0 Å². The number of aliphatic hydroxyl groups is 1. The van der Waals surface area contributed by atoms with E-state index in [-0.39, 0.29) is 0 Å². The summed E-state index contributed by atoms with van der Waals surface area (Å²) in [5.74, 6) is -0.448. The molecule has 1 aliphatic carbocycles. The minimum absolute atomic E-state index is 0.448. The number of aryl methyl sites for hydroxylation is 1. The minimum atomic E-state index is -0.963. The number of primary amides is 1. The molecular weight excluding hydrogens is 312 g/mol. The third-order valence-electron chi connectivity index (χ3n) is 4.08. The number of carbonyl (C=O) groups excluding carboxylic acids is 1. The Kier molecular flexibility index (Phi) is 4.32. The molecule has 1 aliphatic rings. The lowest BCUT2D eigenvalue weighted by molar-refractivity contribution is 0.00866. The predicted octanol–water partition coefficient (Wildman–Crippen LogP) is 1.80. The molecule has 1 saturated carbocycles. The summed E-state index contributed by atoms with van der Waals surface area (Å²) in [6, 6.07) is 7.01. The number of benzene rings is 1. The predicted molar refractivity (Wildman–Crippen MR) is 88.6 cm³/mol. The highest BCUT2D eigenvalue weighted by Gasteiger charge is 2.28. The summed E-state index contributed by atoms with van der Waals surface area (Å²) >= 11 is 1.43. The van der Waals surface area contributed by atoms with E-state index in [0.29, 0.717) is 23.2 Å². The zero-order valence-corrected chi connectivity index (χ0v) is 13.8. The molecule has 2 aromatic rings. The highest BCUT2D eigenvalue weighted by molar-refractivity contribution is 7.12. The summed E-state index contributed by atoms with van der Waals surface area (Å²) in [6.07, 6.45) is 4.57. The van der Waals surface area contributed by atoms with Crippen molar-refractivity contribution in [2.75, 3.05) is 0 Å². The van der Waals surface area contributed by atoms with Gasteiger partial charge in [-0.3, -0.25) is 4.79 Å². The highest BCUT2D eigenvalue weighted by Crippen LogP contribution is 2.29. The molecule has 3 rings (SSSR count). The molecule has 0 bridgehead atoms. The molecule has 122 valence electrons. The molecule has 6 nitrogen and oxygen atoms in total. The molecule has 23 heavy (non-hydrogen) atoms. The van der Waals surface area contributed by atoms with Crippen molar-refractivity contribution in [2.45, 2.75) is 37.8 Å². The molecular formula is C16H20N4O2S. The van der Waals surface area contributed by atoms with Crippen LogP contribution in [0.15, 0.2) is 29.3 Å². The fraction of sp³-hybridized carbons (Fsp3) is 0.438. The van der Waals surface area contributed by atoms with E-state index in [1.807, 2.05) is 19.2 Å². The topological polar surface area (TPSA) is 93.5 Å². The van der Waals surface area contributed by atoms with E-state index in [9.17, 15) is 9.90 Å². The largest absolute Gasteiger partial charge is 0.369 e. The number of nitrogens with zero attached hydrogens (tertiary/aromatic N) is 3. The summed E-state index contributed by atoms with van der Waals surface area (Å²) < 4.78 is 1.69. The van der Waals surface area contributed by atoms with Gasteiger partial charge < -0.3 is 10.8 Å². The second kappa shape index (κ2) is 6.25. The Morgan fingerprint density at radius 2 is 1.96 bits per heavy atom. The maximum atomic E-state index is 11.1. The van der Waals surface area contributed by atoms with E-state index in [0.717, 1.165) is 29.8 Å². The normalized spacial score (nSPS) is 18.1. The van der Waals surface area contributed by atoms with Crippen LogP contribution in [0.2, 0.25) is 0 Å². The van der Waals surface area contributed by atoms with Gasteiger partial charge in [0.2, 0.25) is 10.7 Å². The molecule has 0 radical (unpaired) electrons. The van der Waals surface area contributed by atoms with Crippen molar-refractivity contribution in [3.05, 3.63) is 34.6 Å². The van der Waals surface area contributed by atoms with E-state index in [1.165, 1.54) is 11.3 Å². The number of hydrogen-bond acceptors (Lipinski definition) is 5. The maximum Gasteiger partial charge on any atom is 0.248 e. The SMILES string of the molecule is Cn1nc(-c2ccc(C(N)=O)cc2)s/c1=N/C1(O)CCCCC1. The molecule has 1 heterocycles. The van der Waals surface area contributed by atoms with Gasteiger partial charge in [0.1, 0.15) is 5.01 Å². The van der Waals surface area contributed by atoms with Crippen LogP contribution in [-0.4, -0.2) is 26.5 Å². The highest BCUT2D eigenvalue weighted by atomic mass is 32.1. The summed E-state index contributed by atoms with van der Waals surface area (Å²) in [4.78, 5) is 16.4. The van der Waals surface area contributed by atoms with Crippen LogP contribution in [0.1, 0.15) is 42.5 Å². The third-order valence-corrected chi connectivity index (χ3v) is 5.13. The Labute approximate surface area is 138 Å². The van der Waals surface area contributed by atoms with E-state index in [4.69, 9.17) is 5.73 Å². The van der Waals surface area contributed by atoms with Crippen molar-refractivity contribution >= 4 is 17.2 Å². The van der Waals surface area contributed by atoms with E-state index in [1.54, 1.807) is 16.8 Å². The summed E-state index contributed by atoms with van der Waals surface area (Å²) in [5.41, 5.74) is 5.65. The summed E-state index contributed by atoms with van der Waals surface area (Å²) in [5, 5.41) is 15.8. The zero-order valence-electron chi connectivity index (χ0n) is 13.0. The number of amides is 1. The van der Waals surface area contributed by atoms with Crippen LogP contribution in [0.4, 0.5) is 0 Å². The lowest BCUT2D eigenvalue weighted by Crippen LogP contribution is -2.32. The number of rotatable bonds is 3. The third kappa shape index (κ3) is 3.51. The number of hydrogen-bond donors (Lipinski definition) is 2. The summed E-state index contributed by atoms with van der Waals surface area (Å²) in [7, 11) is 1.82. The molecule has 0 unspecified atom stereocenters. The lowest BCUT2D eigenvalue weighted by Gasteiger charge is -2.27. The first kappa shape index (κ1) is 15.9. The summed E-state index contributed by atoms with van der Waals surface area (Å²) in [6.45, 7) is 0. The van der Waals surface area contributed by atoms with Crippen molar-refractivity contribution in [1.29, 1.82) is 0 Å². The van der Waals surface area contributed by atoms with Crippen molar-refractivity contribution in [1.82, 2.24) is 9.78 Å². The van der Waals surface area contributed by atoms with Crippen molar-refractivity contribution in [3.8, 4) is 10.6 Å². The fourth-order valence-corrected chi connectivity index (χ4v) is 3.73. The second-order valence-electron chi connectivity index (χ2n) is 5.91. The van der Waals surface area contributed by atoms with Crippen LogP contribution in [-0.2, 0) is 7.05 Å². The van der Waals surface area contributed by atoms with Crippen LogP contribution in [0, 0.1) is 0 Å². The van der Waals surface area contributed by atoms with Gasteiger partial charge in [-0.1, -0.05) is 29.9 Å². The van der Waals surface area contributed by atoms with E-state index < -0.39 is 11.6 Å². The van der Waals surface area contributed by atoms with E-state index >= 15 is 0 Å². The molecule has 1 aromatic heterocycles. The quantitative estimate of drug-likeness (QED) is 0.897. The number of aromatic nitrogens is 2. The van der Waals surface area contributed by atoms with Gasteiger partial charge in [0.15, 0.2) is 5.72 Å². The number of carbonyl (C=O) groups is 1. The molecule has 1 amide bonds. The van der Waals surface area contributed by atoms with Crippen LogP contribution < -0.4 is 10.5 Å². The van der Waals surface area contributed by atoms with Crippen LogP contribution in [0.25, 0.3) is 10.6 Å². The smallest absolute Gasteiger partial charge is 0.248 e. The Hall–Kier alpha value is -1.99. The Morgan fingerprint density at radius 3 is 2.57 bits per heavy atom. The van der Waals surface area contributed by atoms with Gasteiger partial charge in [-0.25, -0.2) is 9.67 Å². The second-order valence-corrected chi connectivity index (χ2v) is 6.87. The lowest BCUT2D eigenvalue weighted by atomic mass is 9.92. The first-order valence-corrected chi connectivity index (χ1v) is 8.51.